The zero-order valence-electron chi connectivity index (χ0n) is 9.54. The molecule has 0 bridgehead atoms. The molecule has 2 rings (SSSR count). The van der Waals surface area contributed by atoms with Crippen LogP contribution < -0.4 is 5.11 Å². The van der Waals surface area contributed by atoms with Gasteiger partial charge in [0.15, 0.2) is 0 Å². The van der Waals surface area contributed by atoms with Gasteiger partial charge in [-0.05, 0) is 17.2 Å². The van der Waals surface area contributed by atoms with Gasteiger partial charge in [-0.25, -0.2) is 4.79 Å². The van der Waals surface area contributed by atoms with Crippen LogP contribution >= 0.6 is 0 Å². The molecule has 0 saturated heterocycles. The average Bonchev–Trinajstić information content (AvgIpc) is 2.38. The van der Waals surface area contributed by atoms with Crippen molar-refractivity contribution >= 4 is 17.6 Å². The quantitative estimate of drug-likeness (QED) is 0.660. The topological polar surface area (TPSA) is 60.4 Å². The van der Waals surface area contributed by atoms with Crippen LogP contribution in [0.2, 0.25) is 0 Å². The van der Waals surface area contributed by atoms with Gasteiger partial charge in [-0.1, -0.05) is 54.6 Å². The molecule has 0 saturated carbocycles. The van der Waals surface area contributed by atoms with E-state index in [2.05, 4.69) is 0 Å². The van der Waals surface area contributed by atoms with Crippen LogP contribution in [-0.4, -0.2) is 11.1 Å². The number of benzene rings is 2. The van der Waals surface area contributed by atoms with E-state index in [-0.39, 0.29) is 11.3 Å². The van der Waals surface area contributed by atoms with Crippen LogP contribution in [0.3, 0.4) is 0 Å². The summed E-state index contributed by atoms with van der Waals surface area (Å²) in [6.07, 6.45) is 1.55. The first-order valence-electron chi connectivity index (χ1n) is 5.44. The van der Waals surface area contributed by atoms with Crippen LogP contribution in [0.25, 0.3) is 11.6 Å². The van der Waals surface area contributed by atoms with Crippen molar-refractivity contribution in [1.29, 1.82) is 0 Å². The highest BCUT2D eigenvalue weighted by molar-refractivity contribution is 6.20. The molecule has 0 spiro atoms. The number of hydrogen-bond acceptors (Lipinski definition) is 2. The molecular formula is C15H11O3-. The molecule has 0 atom stereocenters. The van der Waals surface area contributed by atoms with Crippen molar-refractivity contribution in [3.63, 3.8) is 0 Å². The molecule has 0 amide bonds. The van der Waals surface area contributed by atoms with Gasteiger partial charge in [-0.15, -0.1) is 5.75 Å². The standard InChI is InChI=1S/C15H12O3/c16-13-8-6-11(7-9-13)10-14(15(17)18)12-4-2-1-3-5-12/h1-10,16H,(H,17,18)/p-1/b14-10-. The zero-order valence-corrected chi connectivity index (χ0v) is 9.54. The lowest BCUT2D eigenvalue weighted by Crippen LogP contribution is -1.99. The molecule has 1 N–H and O–H groups in total. The Labute approximate surface area is 105 Å². The maximum absolute atomic E-state index is 11.2. The molecule has 3 nitrogen and oxygen atoms in total. The predicted octanol–water partition coefficient (Wildman–Crippen LogP) is 2.39. The van der Waals surface area contributed by atoms with Crippen LogP contribution in [0.4, 0.5) is 0 Å². The Bertz CT molecular complexity index is 568. The second kappa shape index (κ2) is 5.19. The van der Waals surface area contributed by atoms with E-state index in [1.807, 2.05) is 6.07 Å². The highest BCUT2D eigenvalue weighted by atomic mass is 16.4. The number of rotatable bonds is 3. The third kappa shape index (κ3) is 2.77. The fraction of sp³-hybridized carbons (Fsp3) is 0. The highest BCUT2D eigenvalue weighted by Gasteiger charge is 2.09. The van der Waals surface area contributed by atoms with Crippen molar-refractivity contribution < 1.29 is 15.0 Å². The molecule has 3 heteroatoms. The third-order valence-electron chi connectivity index (χ3n) is 2.51. The van der Waals surface area contributed by atoms with E-state index in [4.69, 9.17) is 0 Å². The summed E-state index contributed by atoms with van der Waals surface area (Å²) in [7, 11) is 0. The molecule has 2 aromatic carbocycles. The average molecular weight is 239 g/mol. The molecule has 2 aromatic rings. The van der Waals surface area contributed by atoms with Crippen molar-refractivity contribution in [2.24, 2.45) is 0 Å². The van der Waals surface area contributed by atoms with Gasteiger partial charge in [-0.3, -0.25) is 0 Å². The number of hydrogen-bond donors (Lipinski definition) is 1. The first-order chi connectivity index (χ1) is 8.66. The fourth-order valence-corrected chi connectivity index (χ4v) is 1.62. The normalized spacial score (nSPS) is 11.2. The summed E-state index contributed by atoms with van der Waals surface area (Å²) in [6.45, 7) is 0. The molecule has 0 radical (unpaired) electrons. The van der Waals surface area contributed by atoms with Crippen molar-refractivity contribution in [2.45, 2.75) is 0 Å². The van der Waals surface area contributed by atoms with Gasteiger partial charge in [0.2, 0.25) is 0 Å². The van der Waals surface area contributed by atoms with Crippen molar-refractivity contribution in [3.05, 3.63) is 65.7 Å². The van der Waals surface area contributed by atoms with Crippen LogP contribution in [0.15, 0.2) is 54.6 Å². The molecular weight excluding hydrogens is 228 g/mol. The lowest BCUT2D eigenvalue weighted by molar-refractivity contribution is -0.268. The molecule has 0 heterocycles. The summed E-state index contributed by atoms with van der Waals surface area (Å²) < 4.78 is 0. The maximum atomic E-state index is 11.2. The summed E-state index contributed by atoms with van der Waals surface area (Å²) >= 11 is 0. The van der Waals surface area contributed by atoms with E-state index in [1.54, 1.807) is 42.5 Å². The summed E-state index contributed by atoms with van der Waals surface area (Å²) in [4.78, 5) is 11.2. The SMILES string of the molecule is O=C(O)/C(=C\c1ccc([O-])cc1)c1ccccc1. The minimum Gasteiger partial charge on any atom is -0.872 e. The molecule has 0 aliphatic rings. The molecule has 0 fully saturated rings. The number of carbonyl (C=O) groups is 1. The first kappa shape index (κ1) is 11.9. The van der Waals surface area contributed by atoms with Gasteiger partial charge in [-0.2, -0.15) is 0 Å². The van der Waals surface area contributed by atoms with Gasteiger partial charge >= 0.3 is 5.97 Å². The zero-order chi connectivity index (χ0) is 13.0. The fourth-order valence-electron chi connectivity index (χ4n) is 1.62. The maximum Gasteiger partial charge on any atom is 0.336 e. The smallest absolute Gasteiger partial charge is 0.336 e. The second-order valence-electron chi connectivity index (χ2n) is 3.80. The lowest BCUT2D eigenvalue weighted by Gasteiger charge is -2.05. The number of carboxylic acid groups (broad SMARTS) is 1. The van der Waals surface area contributed by atoms with Crippen LogP contribution in [-0.2, 0) is 4.79 Å². The molecule has 18 heavy (non-hydrogen) atoms. The Kier molecular flexibility index (Phi) is 3.44. The lowest BCUT2D eigenvalue weighted by atomic mass is 10.0. The summed E-state index contributed by atoms with van der Waals surface area (Å²) in [5.41, 5.74) is 1.53. The van der Waals surface area contributed by atoms with Gasteiger partial charge in [0.25, 0.3) is 0 Å². The molecule has 90 valence electrons. The van der Waals surface area contributed by atoms with Crippen LogP contribution in [0, 0.1) is 0 Å². The Morgan fingerprint density at radius 1 is 1.00 bits per heavy atom. The second-order valence-corrected chi connectivity index (χ2v) is 3.80. The largest absolute Gasteiger partial charge is 0.872 e. The van der Waals surface area contributed by atoms with E-state index in [0.29, 0.717) is 11.1 Å². The summed E-state index contributed by atoms with van der Waals surface area (Å²) in [6, 6.07) is 14.9. The Balaban J connectivity index is 2.43. The van der Waals surface area contributed by atoms with Crippen LogP contribution in [0.5, 0.6) is 5.75 Å². The molecule has 0 unspecified atom stereocenters. The van der Waals surface area contributed by atoms with Crippen molar-refractivity contribution in [3.8, 4) is 5.75 Å². The Morgan fingerprint density at radius 3 is 2.17 bits per heavy atom. The van der Waals surface area contributed by atoms with E-state index in [0.717, 1.165) is 0 Å². The molecule has 0 aliphatic heterocycles. The summed E-state index contributed by atoms with van der Waals surface area (Å²) in [5.74, 6) is -1.09. The predicted molar refractivity (Wildman–Crippen MR) is 67.8 cm³/mol. The molecule has 0 aliphatic carbocycles. The summed E-state index contributed by atoms with van der Waals surface area (Å²) in [5, 5.41) is 20.2. The molecule has 0 aromatic heterocycles. The van der Waals surface area contributed by atoms with Gasteiger partial charge < -0.3 is 10.2 Å². The number of aliphatic carboxylic acids is 1. The van der Waals surface area contributed by atoms with E-state index >= 15 is 0 Å². The van der Waals surface area contributed by atoms with Crippen molar-refractivity contribution in [1.82, 2.24) is 0 Å². The van der Waals surface area contributed by atoms with Crippen LogP contribution in [0.1, 0.15) is 11.1 Å². The minimum atomic E-state index is -0.993. The van der Waals surface area contributed by atoms with Gasteiger partial charge in [0.1, 0.15) is 0 Å². The number of carboxylic acids is 1. The van der Waals surface area contributed by atoms with E-state index in [1.165, 1.54) is 12.1 Å². The van der Waals surface area contributed by atoms with Crippen molar-refractivity contribution in [2.75, 3.05) is 0 Å². The third-order valence-corrected chi connectivity index (χ3v) is 2.51. The Hall–Kier alpha value is -2.55. The minimum absolute atomic E-state index is 0.0938. The van der Waals surface area contributed by atoms with E-state index in [9.17, 15) is 15.0 Å². The monoisotopic (exact) mass is 239 g/mol. The van der Waals surface area contributed by atoms with E-state index < -0.39 is 5.97 Å². The van der Waals surface area contributed by atoms with Gasteiger partial charge in [0.05, 0.1) is 5.57 Å². The highest BCUT2D eigenvalue weighted by Crippen LogP contribution is 2.19. The Morgan fingerprint density at radius 2 is 1.61 bits per heavy atom. The first-order valence-corrected chi connectivity index (χ1v) is 5.44. The van der Waals surface area contributed by atoms with Gasteiger partial charge in [0, 0.05) is 0 Å².